The molecule has 0 saturated heterocycles. The van der Waals surface area contributed by atoms with Crippen LogP contribution in [0.5, 0.6) is 0 Å². The maximum absolute atomic E-state index is 14.2. The minimum absolute atomic E-state index is 0.0166. The fourth-order valence-electron chi connectivity index (χ4n) is 2.11. The molecular weight excluding hydrogens is 293 g/mol. The number of aryl methyl sites for hydroxylation is 1. The third kappa shape index (κ3) is 2.34. The van der Waals surface area contributed by atoms with Crippen LogP contribution in [0.15, 0.2) is 36.4 Å². The summed E-state index contributed by atoms with van der Waals surface area (Å²) in [7, 11) is 0. The molecule has 2 aromatic carbocycles. The maximum atomic E-state index is 14.2. The van der Waals surface area contributed by atoms with Crippen molar-refractivity contribution in [2.75, 3.05) is 5.73 Å². The number of benzene rings is 2. The van der Waals surface area contributed by atoms with Gasteiger partial charge in [-0.2, -0.15) is 4.68 Å². The van der Waals surface area contributed by atoms with Crippen molar-refractivity contribution in [2.24, 2.45) is 0 Å². The van der Waals surface area contributed by atoms with E-state index >= 15 is 0 Å². The second-order valence-corrected chi connectivity index (χ2v) is 4.97. The van der Waals surface area contributed by atoms with E-state index in [0.29, 0.717) is 11.5 Å². The molecule has 0 unspecified atom stereocenters. The molecule has 0 aliphatic carbocycles. The zero-order chi connectivity index (χ0) is 15.0. The van der Waals surface area contributed by atoms with Gasteiger partial charge in [0.25, 0.3) is 0 Å². The number of nitrogens with zero attached hydrogens (tertiary/aromatic N) is 4. The number of nitrogen functional groups attached to an aromatic ring is 1. The normalized spacial score (nSPS) is 10.8. The number of nitrogens with two attached hydrogens (primary N) is 1. The van der Waals surface area contributed by atoms with Crippen molar-refractivity contribution in [3.05, 3.63) is 52.8 Å². The van der Waals surface area contributed by atoms with Crippen molar-refractivity contribution < 1.29 is 4.39 Å². The van der Waals surface area contributed by atoms with Crippen molar-refractivity contribution in [2.45, 2.75) is 6.92 Å². The third-order valence-electron chi connectivity index (χ3n) is 3.12. The highest BCUT2D eigenvalue weighted by molar-refractivity contribution is 6.30. The number of tetrazole rings is 1. The van der Waals surface area contributed by atoms with Crippen molar-refractivity contribution in [1.29, 1.82) is 0 Å². The maximum Gasteiger partial charge on any atom is 0.187 e. The second-order valence-electron chi connectivity index (χ2n) is 4.56. The van der Waals surface area contributed by atoms with Crippen molar-refractivity contribution in [3.63, 3.8) is 0 Å². The lowest BCUT2D eigenvalue weighted by Gasteiger charge is -2.09. The first kappa shape index (κ1) is 13.5. The van der Waals surface area contributed by atoms with E-state index in [2.05, 4.69) is 15.5 Å². The first-order valence-electron chi connectivity index (χ1n) is 6.17. The van der Waals surface area contributed by atoms with Crippen molar-refractivity contribution >= 4 is 17.3 Å². The standard InChI is InChI=1S/C14H11ClFN5/c1-8-7-9(17)5-6-10(8)14-18-19-20-21(14)12-4-2-3-11(15)13(12)16/h2-7H,17H2,1H3. The topological polar surface area (TPSA) is 69.6 Å². The lowest BCUT2D eigenvalue weighted by Crippen LogP contribution is -2.04. The van der Waals surface area contributed by atoms with E-state index in [9.17, 15) is 4.39 Å². The minimum Gasteiger partial charge on any atom is -0.399 e. The molecule has 1 heterocycles. The lowest BCUT2D eigenvalue weighted by molar-refractivity contribution is 0.608. The lowest BCUT2D eigenvalue weighted by atomic mass is 10.1. The molecule has 2 N–H and O–H groups in total. The van der Waals surface area contributed by atoms with Gasteiger partial charge < -0.3 is 5.73 Å². The van der Waals surface area contributed by atoms with Gasteiger partial charge >= 0.3 is 0 Å². The Morgan fingerprint density at radius 2 is 2.05 bits per heavy atom. The molecule has 5 nitrogen and oxygen atoms in total. The zero-order valence-electron chi connectivity index (χ0n) is 11.1. The predicted octanol–water partition coefficient (Wildman–Crippen LogP) is 3.01. The Morgan fingerprint density at radius 3 is 2.81 bits per heavy atom. The highest BCUT2D eigenvalue weighted by Gasteiger charge is 2.17. The van der Waals surface area contributed by atoms with E-state index in [1.54, 1.807) is 24.3 Å². The summed E-state index contributed by atoms with van der Waals surface area (Å²) in [5.41, 5.74) is 8.24. The Balaban J connectivity index is 2.20. The minimum atomic E-state index is -0.569. The molecule has 0 spiro atoms. The van der Waals surface area contributed by atoms with E-state index in [4.69, 9.17) is 17.3 Å². The number of rotatable bonds is 2. The Labute approximate surface area is 125 Å². The first-order chi connectivity index (χ1) is 10.1. The predicted molar refractivity (Wildman–Crippen MR) is 78.7 cm³/mol. The van der Waals surface area contributed by atoms with Crippen LogP contribution in [-0.2, 0) is 0 Å². The number of anilines is 1. The van der Waals surface area contributed by atoms with Crippen LogP contribution in [0.4, 0.5) is 10.1 Å². The van der Waals surface area contributed by atoms with E-state index in [0.717, 1.165) is 11.1 Å². The number of hydrogen-bond acceptors (Lipinski definition) is 4. The quantitative estimate of drug-likeness (QED) is 0.739. The SMILES string of the molecule is Cc1cc(N)ccc1-c1nnnn1-c1cccc(Cl)c1F. The molecule has 3 rings (SSSR count). The Bertz CT molecular complexity index is 815. The molecule has 0 fully saturated rings. The summed E-state index contributed by atoms with van der Waals surface area (Å²) in [4.78, 5) is 0. The van der Waals surface area contributed by atoms with Crippen molar-refractivity contribution in [1.82, 2.24) is 20.2 Å². The summed E-state index contributed by atoms with van der Waals surface area (Å²) in [6.45, 7) is 1.89. The summed E-state index contributed by atoms with van der Waals surface area (Å²) >= 11 is 5.81. The molecule has 3 aromatic rings. The summed E-state index contributed by atoms with van der Waals surface area (Å²) < 4.78 is 15.5. The first-order valence-corrected chi connectivity index (χ1v) is 6.55. The molecule has 0 atom stereocenters. The van der Waals surface area contributed by atoms with Crippen LogP contribution >= 0.6 is 11.6 Å². The van der Waals surface area contributed by atoms with Gasteiger partial charge in [0.15, 0.2) is 11.6 Å². The molecule has 0 saturated carbocycles. The molecule has 106 valence electrons. The van der Waals surface area contributed by atoms with E-state index < -0.39 is 5.82 Å². The van der Waals surface area contributed by atoms with Crippen LogP contribution in [-0.4, -0.2) is 20.2 Å². The zero-order valence-corrected chi connectivity index (χ0v) is 11.8. The highest BCUT2D eigenvalue weighted by Crippen LogP contribution is 2.27. The van der Waals surface area contributed by atoms with Crippen LogP contribution in [0.2, 0.25) is 5.02 Å². The fraction of sp³-hybridized carbons (Fsp3) is 0.0714. The van der Waals surface area contributed by atoms with Crippen LogP contribution in [0.1, 0.15) is 5.56 Å². The highest BCUT2D eigenvalue weighted by atomic mass is 35.5. The number of aromatic nitrogens is 4. The Kier molecular flexibility index (Phi) is 3.31. The largest absolute Gasteiger partial charge is 0.399 e. The fourth-order valence-corrected chi connectivity index (χ4v) is 2.28. The molecule has 1 aromatic heterocycles. The Hall–Kier alpha value is -2.47. The van der Waals surface area contributed by atoms with E-state index in [1.807, 2.05) is 13.0 Å². The van der Waals surface area contributed by atoms with Crippen molar-refractivity contribution in [3.8, 4) is 17.1 Å². The van der Waals surface area contributed by atoms with Gasteiger partial charge in [0, 0.05) is 11.3 Å². The van der Waals surface area contributed by atoms with Crippen LogP contribution in [0.25, 0.3) is 17.1 Å². The van der Waals surface area contributed by atoms with Gasteiger partial charge in [-0.15, -0.1) is 5.10 Å². The van der Waals surface area contributed by atoms with Gasteiger partial charge in [0.05, 0.1) is 5.02 Å². The average Bonchev–Trinajstić information content (AvgIpc) is 2.91. The van der Waals surface area contributed by atoms with Crippen LogP contribution in [0, 0.1) is 12.7 Å². The summed E-state index contributed by atoms with van der Waals surface area (Å²) in [6, 6.07) is 10.0. The van der Waals surface area contributed by atoms with Crippen LogP contribution in [0.3, 0.4) is 0 Å². The van der Waals surface area contributed by atoms with E-state index in [-0.39, 0.29) is 10.7 Å². The molecule has 7 heteroatoms. The molecule has 0 aliphatic heterocycles. The molecule has 0 bridgehead atoms. The van der Waals surface area contributed by atoms with Crippen LogP contribution < -0.4 is 5.73 Å². The van der Waals surface area contributed by atoms with Gasteiger partial charge in [-0.3, -0.25) is 0 Å². The smallest absolute Gasteiger partial charge is 0.187 e. The second kappa shape index (κ2) is 5.14. The summed E-state index contributed by atoms with van der Waals surface area (Å²) in [5.74, 6) is -0.144. The number of hydrogen-bond donors (Lipinski definition) is 1. The monoisotopic (exact) mass is 303 g/mol. The molecule has 0 radical (unpaired) electrons. The van der Waals surface area contributed by atoms with Gasteiger partial charge in [0.2, 0.25) is 0 Å². The van der Waals surface area contributed by atoms with Gasteiger partial charge in [0.1, 0.15) is 5.69 Å². The summed E-state index contributed by atoms with van der Waals surface area (Å²) in [5, 5.41) is 11.5. The van der Waals surface area contributed by atoms with Gasteiger partial charge in [-0.05, 0) is 53.2 Å². The van der Waals surface area contributed by atoms with Gasteiger partial charge in [-0.1, -0.05) is 17.7 Å². The Morgan fingerprint density at radius 1 is 1.24 bits per heavy atom. The van der Waals surface area contributed by atoms with Gasteiger partial charge in [-0.25, -0.2) is 4.39 Å². The molecule has 0 amide bonds. The number of halogens is 2. The average molecular weight is 304 g/mol. The summed E-state index contributed by atoms with van der Waals surface area (Å²) in [6.07, 6.45) is 0. The molecule has 21 heavy (non-hydrogen) atoms. The molecular formula is C14H11ClFN5. The molecule has 0 aliphatic rings. The third-order valence-corrected chi connectivity index (χ3v) is 3.41. The van der Waals surface area contributed by atoms with E-state index in [1.165, 1.54) is 10.7 Å².